The summed E-state index contributed by atoms with van der Waals surface area (Å²) in [6, 6.07) is 8.47. The van der Waals surface area contributed by atoms with E-state index in [-0.39, 0.29) is 9.86 Å². The summed E-state index contributed by atoms with van der Waals surface area (Å²) in [6.07, 6.45) is 5.63. The van der Waals surface area contributed by atoms with Gasteiger partial charge in [0.05, 0.1) is 0 Å². The second-order valence-corrected chi connectivity index (χ2v) is 13.5. The van der Waals surface area contributed by atoms with Crippen LogP contribution in [0.4, 0.5) is 4.79 Å². The van der Waals surface area contributed by atoms with Gasteiger partial charge in [0.1, 0.15) is 10.0 Å². The predicted octanol–water partition coefficient (Wildman–Crippen LogP) is 6.13. The van der Waals surface area contributed by atoms with Crippen LogP contribution in [-0.2, 0) is 11.8 Å². The zero-order valence-electron chi connectivity index (χ0n) is 19.4. The Kier molecular flexibility index (Phi) is 9.43. The van der Waals surface area contributed by atoms with Crippen molar-refractivity contribution in [2.45, 2.75) is 70.4 Å². The van der Waals surface area contributed by atoms with Gasteiger partial charge < -0.3 is 10.0 Å². The predicted molar refractivity (Wildman–Crippen MR) is 146 cm³/mol. The minimum atomic E-state index is -1.04. The highest BCUT2D eigenvalue weighted by molar-refractivity contribution is 8.37. The maximum absolute atomic E-state index is 12.4. The van der Waals surface area contributed by atoms with Gasteiger partial charge in [-0.3, -0.25) is 4.79 Å². The molecule has 8 heteroatoms. The molecule has 4 nitrogen and oxygen atoms in total. The summed E-state index contributed by atoms with van der Waals surface area (Å²) >= 11 is 12.6. The molecule has 0 aromatic heterocycles. The van der Waals surface area contributed by atoms with Crippen molar-refractivity contribution < 1.29 is 9.90 Å². The van der Waals surface area contributed by atoms with Crippen LogP contribution in [0, 0.1) is 5.92 Å². The van der Waals surface area contributed by atoms with E-state index >= 15 is 0 Å². The van der Waals surface area contributed by atoms with Gasteiger partial charge in [0.2, 0.25) is 0 Å². The van der Waals surface area contributed by atoms with Crippen LogP contribution in [-0.4, -0.2) is 54.2 Å². The second kappa shape index (κ2) is 11.5. The molecular formula is C24H36N2O2S4. The van der Waals surface area contributed by atoms with Crippen molar-refractivity contribution in [3.05, 3.63) is 35.4 Å². The Morgan fingerprint density at radius 3 is 2.66 bits per heavy atom. The molecule has 2 heterocycles. The first-order chi connectivity index (χ1) is 15.1. The summed E-state index contributed by atoms with van der Waals surface area (Å²) in [4.78, 5) is 14.3. The first kappa shape index (κ1) is 26.4. The molecule has 2 saturated heterocycles. The summed E-state index contributed by atoms with van der Waals surface area (Å²) in [6.45, 7) is 9.24. The number of thioether (sulfide) groups is 1. The largest absolute Gasteiger partial charge is 0.370 e. The van der Waals surface area contributed by atoms with E-state index < -0.39 is 5.72 Å². The molecule has 0 spiro atoms. The molecule has 0 radical (unpaired) electrons. The second-order valence-electron chi connectivity index (χ2n) is 10.0. The average Bonchev–Trinajstić information content (AvgIpc) is 2.73. The SMILES string of the molecule is CC(C)(C)c1cccc(CC2(O)CCC(CSC(=O)SN3CCCCC3)CN2C(=S)S)c1. The van der Waals surface area contributed by atoms with E-state index in [0.29, 0.717) is 29.6 Å². The molecule has 0 amide bonds. The number of carbonyl (C=O) groups is 1. The standard InChI is InChI=1S/C24H36N2O2S4/c1-23(2,3)20-9-7-8-18(14-20)15-24(28)11-10-19(16-26(24)21(29)30)17-31-22(27)32-25-12-5-4-6-13-25/h7-9,14,19,28H,4-6,10-13,15-17H2,1-3H3,(H,29,30). The molecule has 1 N–H and O–H groups in total. The van der Waals surface area contributed by atoms with E-state index in [9.17, 15) is 9.90 Å². The summed E-state index contributed by atoms with van der Waals surface area (Å²) in [7, 11) is 0. The molecule has 0 bridgehead atoms. The molecular weight excluding hydrogens is 477 g/mol. The molecule has 2 fully saturated rings. The first-order valence-corrected chi connectivity index (χ1v) is 14.1. The van der Waals surface area contributed by atoms with Gasteiger partial charge in [0.25, 0.3) is 4.45 Å². The number of thiol groups is 1. The summed E-state index contributed by atoms with van der Waals surface area (Å²) in [5, 5.41) is 11.6. The average molecular weight is 513 g/mol. The number of piperidine rings is 2. The number of hydrogen-bond acceptors (Lipinski definition) is 6. The molecule has 1 aromatic rings. The summed E-state index contributed by atoms with van der Waals surface area (Å²) in [5.74, 6) is 1.06. The third-order valence-electron chi connectivity index (χ3n) is 6.36. The van der Waals surface area contributed by atoms with Crippen molar-refractivity contribution in [3.8, 4) is 0 Å². The zero-order chi connectivity index (χ0) is 23.4. The quantitative estimate of drug-likeness (QED) is 0.279. The topological polar surface area (TPSA) is 43.8 Å². The number of hydrogen-bond donors (Lipinski definition) is 2. The monoisotopic (exact) mass is 512 g/mol. The minimum Gasteiger partial charge on any atom is -0.370 e. The number of thiocarbonyl (C=S) groups is 1. The Morgan fingerprint density at radius 1 is 1.28 bits per heavy atom. The zero-order valence-corrected chi connectivity index (χ0v) is 22.7. The van der Waals surface area contributed by atoms with Crippen LogP contribution in [0.5, 0.6) is 0 Å². The maximum Gasteiger partial charge on any atom is 0.261 e. The van der Waals surface area contributed by atoms with E-state index in [1.165, 1.54) is 48.5 Å². The van der Waals surface area contributed by atoms with Crippen molar-refractivity contribution in [2.24, 2.45) is 5.92 Å². The maximum atomic E-state index is 12.4. The fraction of sp³-hybridized carbons (Fsp3) is 0.667. The lowest BCUT2D eigenvalue weighted by Gasteiger charge is -2.47. The Labute approximate surface area is 212 Å². The van der Waals surface area contributed by atoms with Gasteiger partial charge >= 0.3 is 0 Å². The Hall–Kier alpha value is -0.250. The lowest BCUT2D eigenvalue weighted by atomic mass is 9.83. The van der Waals surface area contributed by atoms with Gasteiger partial charge in [0, 0.05) is 43.8 Å². The van der Waals surface area contributed by atoms with Gasteiger partial charge in [-0.2, -0.15) is 0 Å². The van der Waals surface area contributed by atoms with Crippen molar-refractivity contribution >= 4 is 57.3 Å². The number of aliphatic hydroxyl groups is 1. The number of nitrogens with zero attached hydrogens (tertiary/aromatic N) is 2. The highest BCUT2D eigenvalue weighted by Crippen LogP contribution is 2.36. The van der Waals surface area contributed by atoms with Crippen LogP contribution in [0.1, 0.15) is 64.0 Å². The number of rotatable bonds is 5. The van der Waals surface area contributed by atoms with Crippen molar-refractivity contribution in [3.63, 3.8) is 0 Å². The van der Waals surface area contributed by atoms with Crippen molar-refractivity contribution in [1.29, 1.82) is 0 Å². The molecule has 0 saturated carbocycles. The van der Waals surface area contributed by atoms with E-state index in [0.717, 1.165) is 30.8 Å². The van der Waals surface area contributed by atoms with E-state index in [1.54, 1.807) is 0 Å². The third-order valence-corrected chi connectivity index (χ3v) is 9.05. The van der Waals surface area contributed by atoms with Crippen LogP contribution < -0.4 is 0 Å². The van der Waals surface area contributed by atoms with E-state index in [1.807, 2.05) is 4.90 Å². The molecule has 3 rings (SSSR count). The van der Waals surface area contributed by atoms with Gasteiger partial charge in [-0.25, -0.2) is 4.31 Å². The van der Waals surface area contributed by atoms with Gasteiger partial charge in [-0.15, -0.1) is 12.6 Å². The lowest BCUT2D eigenvalue weighted by molar-refractivity contribution is -0.100. The summed E-state index contributed by atoms with van der Waals surface area (Å²) in [5.41, 5.74) is 1.39. The Morgan fingerprint density at radius 2 is 2.00 bits per heavy atom. The highest BCUT2D eigenvalue weighted by atomic mass is 32.2. The van der Waals surface area contributed by atoms with Crippen LogP contribution in [0.3, 0.4) is 0 Å². The molecule has 2 unspecified atom stereocenters. The minimum absolute atomic E-state index is 0.0603. The number of carbonyl (C=O) groups excluding carboxylic acids is 1. The van der Waals surface area contributed by atoms with Crippen LogP contribution in [0.15, 0.2) is 24.3 Å². The number of benzene rings is 1. The van der Waals surface area contributed by atoms with Gasteiger partial charge in [0.15, 0.2) is 0 Å². The third kappa shape index (κ3) is 7.37. The smallest absolute Gasteiger partial charge is 0.261 e. The number of likely N-dealkylation sites (tertiary alicyclic amines) is 1. The molecule has 178 valence electrons. The molecule has 0 aliphatic carbocycles. The molecule has 1 aromatic carbocycles. The fourth-order valence-corrected chi connectivity index (χ4v) is 6.95. The normalized spacial score (nSPS) is 25.0. The highest BCUT2D eigenvalue weighted by Gasteiger charge is 2.41. The molecule has 2 aliphatic heterocycles. The van der Waals surface area contributed by atoms with Gasteiger partial charge in [-0.05, 0) is 48.1 Å². The fourth-order valence-electron chi connectivity index (χ4n) is 4.41. The van der Waals surface area contributed by atoms with Crippen molar-refractivity contribution in [1.82, 2.24) is 9.21 Å². The molecule has 32 heavy (non-hydrogen) atoms. The summed E-state index contributed by atoms with van der Waals surface area (Å²) < 4.78 is 2.79. The first-order valence-electron chi connectivity index (χ1n) is 11.5. The van der Waals surface area contributed by atoms with Crippen LogP contribution in [0.25, 0.3) is 0 Å². The molecule has 2 aliphatic rings. The van der Waals surface area contributed by atoms with Crippen LogP contribution in [0.2, 0.25) is 0 Å². The van der Waals surface area contributed by atoms with E-state index in [2.05, 4.69) is 62.0 Å². The van der Waals surface area contributed by atoms with E-state index in [4.69, 9.17) is 12.2 Å². The Balaban J connectivity index is 1.58. The lowest BCUT2D eigenvalue weighted by Crippen LogP contribution is -2.57. The van der Waals surface area contributed by atoms with Gasteiger partial charge in [-0.1, -0.05) is 75.4 Å². The van der Waals surface area contributed by atoms with Crippen LogP contribution >= 0.6 is 48.6 Å². The van der Waals surface area contributed by atoms with Crippen molar-refractivity contribution in [2.75, 3.05) is 25.4 Å². The Bertz CT molecular complexity index is 807. The molecule has 2 atom stereocenters.